The number of anilines is 3. The number of carbonyl (C=O) groups is 1. The molecule has 1 aromatic carbocycles. The predicted molar refractivity (Wildman–Crippen MR) is 123 cm³/mol. The molecule has 0 atom stereocenters. The summed E-state index contributed by atoms with van der Waals surface area (Å²) >= 11 is 0. The molecule has 0 spiro atoms. The lowest BCUT2D eigenvalue weighted by molar-refractivity contribution is 0.0697. The average molecular weight is 436 g/mol. The van der Waals surface area contributed by atoms with Gasteiger partial charge in [0.25, 0.3) is 0 Å². The summed E-state index contributed by atoms with van der Waals surface area (Å²) in [7, 11) is 0. The highest BCUT2D eigenvalue weighted by atomic mass is 16.4. The van der Waals surface area contributed by atoms with Crippen LogP contribution in [-0.4, -0.2) is 42.7 Å². The van der Waals surface area contributed by atoms with Crippen LogP contribution < -0.4 is 16.4 Å². The van der Waals surface area contributed by atoms with Crippen molar-refractivity contribution in [1.29, 1.82) is 0 Å². The fourth-order valence-electron chi connectivity index (χ4n) is 4.83. The first kappa shape index (κ1) is 20.7. The van der Waals surface area contributed by atoms with Gasteiger partial charge in [0.05, 0.1) is 11.9 Å². The number of benzene rings is 1. The normalized spacial score (nSPS) is 21.7. The van der Waals surface area contributed by atoms with Crippen molar-refractivity contribution in [2.45, 2.75) is 69.5 Å². The summed E-state index contributed by atoms with van der Waals surface area (Å²) in [5.74, 6) is 0.170. The topological polar surface area (TPSA) is 131 Å². The van der Waals surface area contributed by atoms with Crippen molar-refractivity contribution in [3.63, 3.8) is 0 Å². The Kier molecular flexibility index (Phi) is 5.65. The van der Waals surface area contributed by atoms with Crippen LogP contribution in [0.4, 0.5) is 17.5 Å². The van der Waals surface area contributed by atoms with Gasteiger partial charge in [-0.15, -0.1) is 0 Å². The molecule has 9 nitrogen and oxygen atoms in total. The lowest BCUT2D eigenvalue weighted by Gasteiger charge is -2.27. The lowest BCUT2D eigenvalue weighted by Crippen LogP contribution is -2.33. The quantitative estimate of drug-likeness (QED) is 0.456. The number of nitrogens with one attached hydrogen (secondary N) is 2. The molecule has 2 saturated carbocycles. The molecule has 5 N–H and O–H groups in total. The van der Waals surface area contributed by atoms with E-state index in [1.54, 1.807) is 18.2 Å². The fraction of sp³-hybridized carbons (Fsp3) is 0.478. The smallest absolute Gasteiger partial charge is 0.335 e. The predicted octanol–water partition coefficient (Wildman–Crippen LogP) is 4.07. The van der Waals surface area contributed by atoms with Gasteiger partial charge in [-0.05, 0) is 56.7 Å². The van der Waals surface area contributed by atoms with Gasteiger partial charge in [0.1, 0.15) is 0 Å². The van der Waals surface area contributed by atoms with Gasteiger partial charge in [0, 0.05) is 23.8 Å². The van der Waals surface area contributed by atoms with Crippen LogP contribution in [-0.2, 0) is 0 Å². The van der Waals surface area contributed by atoms with Crippen molar-refractivity contribution in [1.82, 2.24) is 19.5 Å². The summed E-state index contributed by atoms with van der Waals surface area (Å²) < 4.78 is 2.17. The van der Waals surface area contributed by atoms with Crippen LogP contribution in [0.5, 0.6) is 0 Å². The highest BCUT2D eigenvalue weighted by molar-refractivity contribution is 5.90. The molecule has 0 amide bonds. The first-order valence-electron chi connectivity index (χ1n) is 11.4. The summed E-state index contributed by atoms with van der Waals surface area (Å²) in [4.78, 5) is 25.6. The third kappa shape index (κ3) is 4.25. The van der Waals surface area contributed by atoms with Crippen LogP contribution in [0, 0.1) is 0 Å². The molecule has 2 aliphatic rings. The number of hydrogen-bond donors (Lipinski definition) is 4. The zero-order valence-corrected chi connectivity index (χ0v) is 18.0. The van der Waals surface area contributed by atoms with Crippen molar-refractivity contribution >= 4 is 34.6 Å². The lowest BCUT2D eigenvalue weighted by atomic mass is 9.92. The van der Waals surface area contributed by atoms with Crippen molar-refractivity contribution in [2.75, 3.05) is 10.6 Å². The van der Waals surface area contributed by atoms with Crippen LogP contribution in [0.15, 0.2) is 30.6 Å². The number of hydrogen-bond acceptors (Lipinski definition) is 7. The van der Waals surface area contributed by atoms with Crippen LogP contribution >= 0.6 is 0 Å². The molecule has 0 unspecified atom stereocenters. The van der Waals surface area contributed by atoms with E-state index in [0.717, 1.165) is 44.2 Å². The first-order valence-corrected chi connectivity index (χ1v) is 11.4. The molecule has 2 heterocycles. The molecule has 2 fully saturated rings. The number of carboxylic acid groups (broad SMARTS) is 1. The highest BCUT2D eigenvalue weighted by Gasteiger charge is 2.24. The van der Waals surface area contributed by atoms with E-state index >= 15 is 0 Å². The molecule has 2 aromatic heterocycles. The molecule has 168 valence electrons. The Morgan fingerprint density at radius 3 is 2.62 bits per heavy atom. The Balaban J connectivity index is 1.51. The zero-order chi connectivity index (χ0) is 22.1. The second-order valence-corrected chi connectivity index (χ2v) is 8.93. The van der Waals surface area contributed by atoms with Crippen molar-refractivity contribution in [2.24, 2.45) is 5.73 Å². The van der Waals surface area contributed by atoms with Crippen LogP contribution in [0.25, 0.3) is 11.2 Å². The number of imidazole rings is 1. The largest absolute Gasteiger partial charge is 0.478 e. The molecule has 0 aliphatic heterocycles. The summed E-state index contributed by atoms with van der Waals surface area (Å²) in [6.45, 7) is 0. The molecule has 0 radical (unpaired) electrons. The number of aromatic carboxylic acids is 1. The number of fused-ring (bicyclic) bond motifs is 1. The Morgan fingerprint density at radius 1 is 1.09 bits per heavy atom. The van der Waals surface area contributed by atoms with Gasteiger partial charge in [-0.25, -0.2) is 9.78 Å². The summed E-state index contributed by atoms with van der Waals surface area (Å²) in [5.41, 5.74) is 8.42. The zero-order valence-electron chi connectivity index (χ0n) is 18.0. The summed E-state index contributed by atoms with van der Waals surface area (Å²) in [6, 6.07) is 7.67. The van der Waals surface area contributed by atoms with Crippen molar-refractivity contribution in [3.8, 4) is 0 Å². The van der Waals surface area contributed by atoms with Gasteiger partial charge in [-0.2, -0.15) is 9.97 Å². The first-order chi connectivity index (χ1) is 15.6. The Morgan fingerprint density at radius 2 is 1.88 bits per heavy atom. The highest BCUT2D eigenvalue weighted by Crippen LogP contribution is 2.34. The third-order valence-corrected chi connectivity index (χ3v) is 6.62. The van der Waals surface area contributed by atoms with E-state index in [2.05, 4.69) is 20.2 Å². The minimum absolute atomic E-state index is 0.216. The van der Waals surface area contributed by atoms with E-state index in [0.29, 0.717) is 35.1 Å². The van der Waals surface area contributed by atoms with Gasteiger partial charge in [0.2, 0.25) is 5.95 Å². The second-order valence-electron chi connectivity index (χ2n) is 8.93. The Labute approximate surface area is 186 Å². The van der Waals surface area contributed by atoms with Crippen LogP contribution in [0.3, 0.4) is 0 Å². The standard InChI is InChI=1S/C23H29N7O2/c24-15-8-10-16(11-9-15)27-23-28-20(26-17-5-3-4-14(12-17)22(31)32)19-21(29-23)30(13-25-19)18-6-1-2-7-18/h3-5,12-13,15-16,18H,1-2,6-11,24H2,(H,31,32)(H2,26,27,28,29). The fourth-order valence-corrected chi connectivity index (χ4v) is 4.83. The average Bonchev–Trinajstić information content (AvgIpc) is 3.45. The van der Waals surface area contributed by atoms with Crippen molar-refractivity contribution in [3.05, 3.63) is 36.2 Å². The molecule has 2 aliphatic carbocycles. The van der Waals surface area contributed by atoms with Gasteiger partial charge >= 0.3 is 5.97 Å². The Hall–Kier alpha value is -3.20. The molecule has 0 saturated heterocycles. The summed E-state index contributed by atoms with van der Waals surface area (Å²) in [5, 5.41) is 16.1. The molecule has 32 heavy (non-hydrogen) atoms. The third-order valence-electron chi connectivity index (χ3n) is 6.62. The number of carboxylic acids is 1. The molecule has 5 rings (SSSR count). The molecular weight excluding hydrogens is 406 g/mol. The monoisotopic (exact) mass is 435 g/mol. The number of rotatable bonds is 6. The molecular formula is C23H29N7O2. The number of nitrogens with zero attached hydrogens (tertiary/aromatic N) is 4. The Bertz CT molecular complexity index is 1110. The van der Waals surface area contributed by atoms with E-state index < -0.39 is 5.97 Å². The minimum atomic E-state index is -0.968. The van der Waals surface area contributed by atoms with Crippen molar-refractivity contribution < 1.29 is 9.90 Å². The van der Waals surface area contributed by atoms with E-state index in [4.69, 9.17) is 15.7 Å². The van der Waals surface area contributed by atoms with E-state index in [-0.39, 0.29) is 11.6 Å². The van der Waals surface area contributed by atoms with Crippen LogP contribution in [0.2, 0.25) is 0 Å². The van der Waals surface area contributed by atoms with E-state index in [1.807, 2.05) is 12.4 Å². The number of aromatic nitrogens is 4. The van der Waals surface area contributed by atoms with E-state index in [9.17, 15) is 9.90 Å². The van der Waals surface area contributed by atoms with Gasteiger partial charge < -0.3 is 26.0 Å². The maximum Gasteiger partial charge on any atom is 0.335 e. The van der Waals surface area contributed by atoms with Gasteiger partial charge in [-0.1, -0.05) is 18.9 Å². The maximum atomic E-state index is 11.4. The second kappa shape index (κ2) is 8.74. The molecule has 9 heteroatoms. The minimum Gasteiger partial charge on any atom is -0.478 e. The van der Waals surface area contributed by atoms with Gasteiger partial charge in [0.15, 0.2) is 17.0 Å². The molecule has 0 bridgehead atoms. The SMILES string of the molecule is NC1CCC(Nc2nc(Nc3cccc(C(=O)O)c3)c3ncn(C4CCCC4)c3n2)CC1. The van der Waals surface area contributed by atoms with Crippen LogP contribution in [0.1, 0.15) is 67.8 Å². The van der Waals surface area contributed by atoms with Gasteiger partial charge in [-0.3, -0.25) is 0 Å². The summed E-state index contributed by atoms with van der Waals surface area (Å²) in [6.07, 6.45) is 10.5. The maximum absolute atomic E-state index is 11.4. The molecule has 3 aromatic rings. The van der Waals surface area contributed by atoms with E-state index in [1.165, 1.54) is 12.8 Å². The number of nitrogens with two attached hydrogens (primary N) is 1.